The van der Waals surface area contributed by atoms with Crippen molar-refractivity contribution in [3.8, 4) is 11.5 Å². The average molecular weight is 265 g/mol. The Bertz CT molecular complexity index is 419. The largest absolute Gasteiger partial charge is 0.493 e. The first kappa shape index (κ1) is 15.1. The van der Waals surface area contributed by atoms with Crippen LogP contribution in [0.5, 0.6) is 11.5 Å². The molecule has 1 rings (SSSR count). The molecule has 5 nitrogen and oxygen atoms in total. The first-order chi connectivity index (χ1) is 9.24. The van der Waals surface area contributed by atoms with Crippen molar-refractivity contribution < 1.29 is 9.47 Å². The summed E-state index contributed by atoms with van der Waals surface area (Å²) in [6, 6.07) is 5.72. The van der Waals surface area contributed by atoms with Crippen molar-refractivity contribution >= 4 is 11.6 Å². The lowest BCUT2D eigenvalue weighted by atomic mass is 10.2. The van der Waals surface area contributed by atoms with E-state index in [9.17, 15) is 0 Å². The van der Waals surface area contributed by atoms with E-state index in [0.717, 1.165) is 30.4 Å². The normalized spacial score (nSPS) is 11.1. The highest BCUT2D eigenvalue weighted by atomic mass is 16.5. The van der Waals surface area contributed by atoms with Gasteiger partial charge in [0.15, 0.2) is 17.5 Å². The van der Waals surface area contributed by atoms with Gasteiger partial charge in [0, 0.05) is 25.3 Å². The summed E-state index contributed by atoms with van der Waals surface area (Å²) in [4.78, 5) is 4.16. The van der Waals surface area contributed by atoms with Gasteiger partial charge in [0.25, 0.3) is 0 Å². The summed E-state index contributed by atoms with van der Waals surface area (Å²) in [6.07, 6.45) is 1.05. The molecule has 0 radical (unpaired) electrons. The maximum atomic E-state index is 5.48. The smallest absolute Gasteiger partial charge is 0.195 e. The summed E-state index contributed by atoms with van der Waals surface area (Å²) in [5, 5.41) is 6.42. The molecule has 0 amide bonds. The molecule has 0 aliphatic rings. The summed E-state index contributed by atoms with van der Waals surface area (Å²) in [5.74, 6) is 2.19. The van der Waals surface area contributed by atoms with Gasteiger partial charge in [-0.25, -0.2) is 0 Å². The minimum absolute atomic E-state index is 0.614. The Morgan fingerprint density at radius 3 is 2.63 bits per heavy atom. The van der Waals surface area contributed by atoms with Crippen LogP contribution in [0.4, 0.5) is 5.69 Å². The monoisotopic (exact) mass is 265 g/mol. The average Bonchev–Trinajstić information content (AvgIpc) is 2.45. The second-order valence-electron chi connectivity index (χ2n) is 3.92. The highest BCUT2D eigenvalue weighted by molar-refractivity contribution is 5.93. The Hall–Kier alpha value is -1.91. The highest BCUT2D eigenvalue weighted by Gasteiger charge is 2.06. The van der Waals surface area contributed by atoms with E-state index < -0.39 is 0 Å². The van der Waals surface area contributed by atoms with Gasteiger partial charge in [0.2, 0.25) is 0 Å². The molecule has 0 spiro atoms. The van der Waals surface area contributed by atoms with Crippen LogP contribution in [0, 0.1) is 0 Å². The molecule has 0 bridgehead atoms. The van der Waals surface area contributed by atoms with Crippen LogP contribution >= 0.6 is 0 Å². The lowest BCUT2D eigenvalue weighted by Gasteiger charge is -2.14. The van der Waals surface area contributed by atoms with E-state index in [-0.39, 0.29) is 0 Å². The van der Waals surface area contributed by atoms with E-state index in [0.29, 0.717) is 12.4 Å². The second kappa shape index (κ2) is 8.24. The Morgan fingerprint density at radius 1 is 1.26 bits per heavy atom. The van der Waals surface area contributed by atoms with Crippen LogP contribution in [-0.2, 0) is 0 Å². The summed E-state index contributed by atoms with van der Waals surface area (Å²) in [6.45, 7) is 5.55. The van der Waals surface area contributed by atoms with Crippen molar-refractivity contribution in [1.29, 1.82) is 0 Å². The van der Waals surface area contributed by atoms with E-state index in [1.54, 1.807) is 14.2 Å². The molecule has 0 aromatic heterocycles. The molecule has 0 atom stereocenters. The number of benzene rings is 1. The molecule has 0 aliphatic carbocycles. The summed E-state index contributed by atoms with van der Waals surface area (Å²) < 4.78 is 10.8. The third-order valence-corrected chi connectivity index (χ3v) is 2.49. The quantitative estimate of drug-likeness (QED) is 0.613. The van der Waals surface area contributed by atoms with Gasteiger partial charge >= 0.3 is 0 Å². The van der Waals surface area contributed by atoms with E-state index in [2.05, 4.69) is 22.5 Å². The van der Waals surface area contributed by atoms with Crippen molar-refractivity contribution in [1.82, 2.24) is 5.32 Å². The van der Waals surface area contributed by atoms with Crippen molar-refractivity contribution in [3.63, 3.8) is 0 Å². The van der Waals surface area contributed by atoms with E-state index in [4.69, 9.17) is 9.47 Å². The minimum atomic E-state index is 0.614. The Morgan fingerprint density at radius 2 is 2.05 bits per heavy atom. The van der Waals surface area contributed by atoms with Gasteiger partial charge in [-0.15, -0.1) is 0 Å². The van der Waals surface area contributed by atoms with Gasteiger partial charge < -0.3 is 20.1 Å². The Balaban J connectivity index is 2.78. The van der Waals surface area contributed by atoms with E-state index in [1.165, 1.54) is 0 Å². The fourth-order valence-corrected chi connectivity index (χ4v) is 1.58. The van der Waals surface area contributed by atoms with Gasteiger partial charge in [-0.1, -0.05) is 6.92 Å². The van der Waals surface area contributed by atoms with Crippen LogP contribution in [0.25, 0.3) is 0 Å². The molecule has 0 aliphatic heterocycles. The van der Waals surface area contributed by atoms with E-state index >= 15 is 0 Å². The van der Waals surface area contributed by atoms with Crippen LogP contribution in [0.2, 0.25) is 0 Å². The molecule has 0 fully saturated rings. The van der Waals surface area contributed by atoms with Gasteiger partial charge in [0.05, 0.1) is 13.7 Å². The van der Waals surface area contributed by atoms with Crippen molar-refractivity contribution in [3.05, 3.63) is 18.2 Å². The zero-order valence-corrected chi connectivity index (χ0v) is 12.1. The van der Waals surface area contributed by atoms with Crippen LogP contribution in [-0.4, -0.2) is 33.3 Å². The van der Waals surface area contributed by atoms with Gasteiger partial charge in [-0.05, 0) is 25.5 Å². The van der Waals surface area contributed by atoms with Crippen molar-refractivity contribution in [2.45, 2.75) is 20.3 Å². The Labute approximate surface area is 115 Å². The molecule has 5 heteroatoms. The van der Waals surface area contributed by atoms with Crippen LogP contribution in [0.15, 0.2) is 23.2 Å². The molecular formula is C14H23N3O2. The van der Waals surface area contributed by atoms with Crippen molar-refractivity contribution in [2.75, 3.05) is 32.6 Å². The van der Waals surface area contributed by atoms with Crippen molar-refractivity contribution in [2.24, 2.45) is 4.99 Å². The number of ether oxygens (including phenoxy) is 2. The van der Waals surface area contributed by atoms with Gasteiger partial charge in [-0.2, -0.15) is 0 Å². The second-order valence-corrected chi connectivity index (χ2v) is 3.92. The molecule has 1 aromatic rings. The maximum absolute atomic E-state index is 5.48. The first-order valence-corrected chi connectivity index (χ1v) is 6.53. The molecule has 2 N–H and O–H groups in total. The summed E-state index contributed by atoms with van der Waals surface area (Å²) >= 11 is 0. The van der Waals surface area contributed by atoms with Crippen LogP contribution in [0.3, 0.4) is 0 Å². The SMILES string of the molecule is CCCNC(=NC)Nc1ccc(OCC)c(OC)c1. The predicted octanol–water partition coefficient (Wildman–Crippen LogP) is 2.49. The Kier molecular flexibility index (Phi) is 6.57. The maximum Gasteiger partial charge on any atom is 0.195 e. The number of hydrogen-bond acceptors (Lipinski definition) is 3. The predicted molar refractivity (Wildman–Crippen MR) is 79.4 cm³/mol. The van der Waals surface area contributed by atoms with Gasteiger partial charge in [-0.3, -0.25) is 4.99 Å². The van der Waals surface area contributed by atoms with E-state index in [1.807, 2.05) is 25.1 Å². The molecule has 0 saturated heterocycles. The fraction of sp³-hybridized carbons (Fsp3) is 0.500. The zero-order valence-electron chi connectivity index (χ0n) is 12.1. The molecule has 106 valence electrons. The molecule has 1 aromatic carbocycles. The molecule has 0 unspecified atom stereocenters. The molecule has 19 heavy (non-hydrogen) atoms. The van der Waals surface area contributed by atoms with Gasteiger partial charge in [0.1, 0.15) is 0 Å². The molecular weight excluding hydrogens is 242 g/mol. The highest BCUT2D eigenvalue weighted by Crippen LogP contribution is 2.30. The standard InChI is InChI=1S/C14H23N3O2/c1-5-9-16-14(15-3)17-11-7-8-12(19-6-2)13(10-11)18-4/h7-8,10H,5-6,9H2,1-4H3,(H2,15,16,17). The third-order valence-electron chi connectivity index (χ3n) is 2.49. The fourth-order valence-electron chi connectivity index (χ4n) is 1.58. The van der Waals surface area contributed by atoms with Crippen LogP contribution < -0.4 is 20.1 Å². The summed E-state index contributed by atoms with van der Waals surface area (Å²) in [5.41, 5.74) is 0.907. The third kappa shape index (κ3) is 4.69. The number of rotatable bonds is 6. The lowest BCUT2D eigenvalue weighted by molar-refractivity contribution is 0.311. The summed E-state index contributed by atoms with van der Waals surface area (Å²) in [7, 11) is 3.38. The number of nitrogens with zero attached hydrogens (tertiary/aromatic N) is 1. The lowest BCUT2D eigenvalue weighted by Crippen LogP contribution is -2.31. The number of methoxy groups -OCH3 is 1. The topological polar surface area (TPSA) is 54.9 Å². The number of hydrogen-bond donors (Lipinski definition) is 2. The minimum Gasteiger partial charge on any atom is -0.493 e. The van der Waals surface area contributed by atoms with Crippen LogP contribution in [0.1, 0.15) is 20.3 Å². The molecule has 0 heterocycles. The zero-order chi connectivity index (χ0) is 14.1. The number of nitrogens with one attached hydrogen (secondary N) is 2. The molecule has 0 saturated carbocycles. The number of anilines is 1. The number of guanidine groups is 1. The first-order valence-electron chi connectivity index (χ1n) is 6.53. The number of aliphatic imine (C=N–C) groups is 1.